The van der Waals surface area contributed by atoms with Crippen LogP contribution in [-0.4, -0.2) is 35.0 Å². The molecule has 0 aromatic heterocycles. The number of carbonyl (C=O) groups is 2. The minimum atomic E-state index is -0.729. The molecule has 0 spiro atoms. The van der Waals surface area contributed by atoms with E-state index in [1.54, 1.807) is 0 Å². The third-order valence-electron chi connectivity index (χ3n) is 3.32. The highest BCUT2D eigenvalue weighted by molar-refractivity contribution is 5.77. The maximum Gasteiger partial charge on any atom is 0.306 e. The molecule has 1 fully saturated rings. The van der Waals surface area contributed by atoms with Gasteiger partial charge in [0.25, 0.3) is 0 Å². The predicted molar refractivity (Wildman–Crippen MR) is 61.0 cm³/mol. The molecule has 4 heteroatoms. The molecule has 2 atom stereocenters. The second-order valence-corrected chi connectivity index (χ2v) is 4.65. The van der Waals surface area contributed by atoms with Gasteiger partial charge in [0.2, 0.25) is 5.91 Å². The molecule has 1 amide bonds. The van der Waals surface area contributed by atoms with Gasteiger partial charge >= 0.3 is 5.97 Å². The van der Waals surface area contributed by atoms with Crippen molar-refractivity contribution >= 4 is 11.9 Å². The first kappa shape index (κ1) is 13.0. The van der Waals surface area contributed by atoms with Crippen molar-refractivity contribution < 1.29 is 14.7 Å². The maximum absolute atomic E-state index is 11.8. The van der Waals surface area contributed by atoms with E-state index in [-0.39, 0.29) is 17.7 Å². The lowest BCUT2D eigenvalue weighted by Crippen LogP contribution is -2.44. The fourth-order valence-electron chi connectivity index (χ4n) is 2.23. The fraction of sp³-hybridized carbons (Fsp3) is 0.833. The zero-order chi connectivity index (χ0) is 12.1. The van der Waals surface area contributed by atoms with E-state index in [0.717, 1.165) is 12.8 Å². The summed E-state index contributed by atoms with van der Waals surface area (Å²) in [4.78, 5) is 24.5. The third-order valence-corrected chi connectivity index (χ3v) is 3.32. The average Bonchev–Trinajstić information content (AvgIpc) is 2.25. The molecule has 0 aromatic rings. The number of piperidine rings is 1. The van der Waals surface area contributed by atoms with Crippen LogP contribution in [0.1, 0.15) is 39.5 Å². The van der Waals surface area contributed by atoms with Gasteiger partial charge in [-0.25, -0.2) is 0 Å². The van der Waals surface area contributed by atoms with Gasteiger partial charge in [-0.2, -0.15) is 0 Å². The number of hydrogen-bond donors (Lipinski definition) is 1. The van der Waals surface area contributed by atoms with Gasteiger partial charge in [0.05, 0.1) is 5.92 Å². The van der Waals surface area contributed by atoms with E-state index in [0.29, 0.717) is 25.9 Å². The molecule has 1 heterocycles. The Bertz CT molecular complexity index is 265. The van der Waals surface area contributed by atoms with Crippen LogP contribution < -0.4 is 0 Å². The van der Waals surface area contributed by atoms with E-state index in [4.69, 9.17) is 5.11 Å². The second kappa shape index (κ2) is 5.87. The van der Waals surface area contributed by atoms with Crippen LogP contribution in [0.25, 0.3) is 0 Å². The van der Waals surface area contributed by atoms with Crippen molar-refractivity contribution in [3.63, 3.8) is 0 Å². The summed E-state index contributed by atoms with van der Waals surface area (Å²) in [6, 6.07) is 0. The molecule has 0 aliphatic carbocycles. The quantitative estimate of drug-likeness (QED) is 0.796. The van der Waals surface area contributed by atoms with Crippen LogP contribution >= 0.6 is 0 Å². The molecule has 1 saturated heterocycles. The highest BCUT2D eigenvalue weighted by Crippen LogP contribution is 2.24. The molecule has 0 saturated carbocycles. The van der Waals surface area contributed by atoms with Crippen LogP contribution in [0.4, 0.5) is 0 Å². The predicted octanol–water partition coefficient (Wildman–Crippen LogP) is 1.75. The van der Waals surface area contributed by atoms with Crippen molar-refractivity contribution in [1.29, 1.82) is 0 Å². The molecule has 1 aliphatic heterocycles. The largest absolute Gasteiger partial charge is 0.481 e. The number of nitrogens with zero attached hydrogens (tertiary/aromatic N) is 1. The lowest BCUT2D eigenvalue weighted by atomic mass is 9.87. The van der Waals surface area contributed by atoms with Gasteiger partial charge in [-0.05, 0) is 18.8 Å². The van der Waals surface area contributed by atoms with E-state index in [9.17, 15) is 9.59 Å². The van der Waals surface area contributed by atoms with Gasteiger partial charge in [0.1, 0.15) is 0 Å². The number of aliphatic carboxylic acids is 1. The number of amides is 1. The van der Waals surface area contributed by atoms with E-state index in [1.165, 1.54) is 0 Å². The zero-order valence-corrected chi connectivity index (χ0v) is 10.1. The van der Waals surface area contributed by atoms with Crippen LogP contribution in [0.3, 0.4) is 0 Å². The summed E-state index contributed by atoms with van der Waals surface area (Å²) in [7, 11) is 0. The van der Waals surface area contributed by atoms with Crippen LogP contribution in [0.2, 0.25) is 0 Å². The monoisotopic (exact) mass is 227 g/mol. The van der Waals surface area contributed by atoms with E-state index in [2.05, 4.69) is 6.92 Å². The lowest BCUT2D eigenvalue weighted by molar-refractivity contribution is -0.148. The average molecular weight is 227 g/mol. The molecule has 1 N–H and O–H groups in total. The smallest absolute Gasteiger partial charge is 0.306 e. The van der Waals surface area contributed by atoms with Crippen LogP contribution in [0.5, 0.6) is 0 Å². The molecule has 1 aliphatic rings. The van der Waals surface area contributed by atoms with Crippen LogP contribution in [-0.2, 0) is 9.59 Å². The fourth-order valence-corrected chi connectivity index (χ4v) is 2.23. The van der Waals surface area contributed by atoms with Gasteiger partial charge in [0.15, 0.2) is 0 Å². The topological polar surface area (TPSA) is 57.6 Å². The molecular formula is C12H21NO3. The Morgan fingerprint density at radius 2 is 2.12 bits per heavy atom. The molecule has 2 unspecified atom stereocenters. The standard InChI is InChI=1S/C12H21NO3/c1-3-4-5-11(14)13-7-6-10(12(15)16)9(2)8-13/h9-10H,3-8H2,1-2H3,(H,15,16). The zero-order valence-electron chi connectivity index (χ0n) is 10.1. The molecule has 0 radical (unpaired) electrons. The summed E-state index contributed by atoms with van der Waals surface area (Å²) >= 11 is 0. The first-order valence-electron chi connectivity index (χ1n) is 6.06. The summed E-state index contributed by atoms with van der Waals surface area (Å²) in [5.74, 6) is -0.766. The van der Waals surface area contributed by atoms with Crippen molar-refractivity contribution in [3.8, 4) is 0 Å². The summed E-state index contributed by atoms with van der Waals surface area (Å²) in [6.45, 7) is 5.17. The highest BCUT2D eigenvalue weighted by Gasteiger charge is 2.32. The van der Waals surface area contributed by atoms with Crippen molar-refractivity contribution in [2.45, 2.75) is 39.5 Å². The van der Waals surface area contributed by atoms with Crippen LogP contribution in [0, 0.1) is 11.8 Å². The Morgan fingerprint density at radius 3 is 2.62 bits per heavy atom. The number of unbranched alkanes of at least 4 members (excludes halogenated alkanes) is 1. The number of hydrogen-bond acceptors (Lipinski definition) is 2. The van der Waals surface area contributed by atoms with E-state index < -0.39 is 5.97 Å². The molecular weight excluding hydrogens is 206 g/mol. The summed E-state index contributed by atoms with van der Waals surface area (Å²) in [6.07, 6.45) is 3.13. The van der Waals surface area contributed by atoms with Gasteiger partial charge in [-0.3, -0.25) is 9.59 Å². The van der Waals surface area contributed by atoms with Gasteiger partial charge in [-0.15, -0.1) is 0 Å². The molecule has 92 valence electrons. The molecule has 1 rings (SSSR count). The minimum absolute atomic E-state index is 0.0665. The van der Waals surface area contributed by atoms with Gasteiger partial charge < -0.3 is 10.0 Å². The van der Waals surface area contributed by atoms with E-state index in [1.807, 2.05) is 11.8 Å². The van der Waals surface area contributed by atoms with Crippen molar-refractivity contribution in [2.75, 3.05) is 13.1 Å². The number of carbonyl (C=O) groups excluding carboxylic acids is 1. The van der Waals surface area contributed by atoms with Gasteiger partial charge in [-0.1, -0.05) is 20.3 Å². The molecule has 0 bridgehead atoms. The Morgan fingerprint density at radius 1 is 1.44 bits per heavy atom. The van der Waals surface area contributed by atoms with Crippen molar-refractivity contribution in [1.82, 2.24) is 4.90 Å². The molecule has 16 heavy (non-hydrogen) atoms. The number of likely N-dealkylation sites (tertiary alicyclic amines) is 1. The second-order valence-electron chi connectivity index (χ2n) is 4.65. The minimum Gasteiger partial charge on any atom is -0.481 e. The Kier molecular flexibility index (Phi) is 4.77. The highest BCUT2D eigenvalue weighted by atomic mass is 16.4. The lowest BCUT2D eigenvalue weighted by Gasteiger charge is -2.35. The Hall–Kier alpha value is -1.06. The Balaban J connectivity index is 2.44. The molecule has 0 aromatic carbocycles. The summed E-state index contributed by atoms with van der Waals surface area (Å²) < 4.78 is 0. The van der Waals surface area contributed by atoms with Crippen molar-refractivity contribution in [3.05, 3.63) is 0 Å². The van der Waals surface area contributed by atoms with E-state index >= 15 is 0 Å². The SMILES string of the molecule is CCCCC(=O)N1CCC(C(=O)O)C(C)C1. The van der Waals surface area contributed by atoms with Gasteiger partial charge in [0, 0.05) is 19.5 Å². The number of rotatable bonds is 4. The van der Waals surface area contributed by atoms with Crippen molar-refractivity contribution in [2.24, 2.45) is 11.8 Å². The number of carboxylic acids is 1. The third kappa shape index (κ3) is 3.22. The van der Waals surface area contributed by atoms with Crippen LogP contribution in [0.15, 0.2) is 0 Å². The number of carboxylic acid groups (broad SMARTS) is 1. The molecule has 4 nitrogen and oxygen atoms in total. The first-order chi connectivity index (χ1) is 7.56. The first-order valence-corrected chi connectivity index (χ1v) is 6.06. The summed E-state index contributed by atoms with van der Waals surface area (Å²) in [5.41, 5.74) is 0. The normalized spacial score (nSPS) is 25.5. The maximum atomic E-state index is 11.8. The Labute approximate surface area is 96.6 Å². The summed E-state index contributed by atoms with van der Waals surface area (Å²) in [5, 5.41) is 8.97.